The second-order valence-electron chi connectivity index (χ2n) is 7.44. The van der Waals surface area contributed by atoms with Gasteiger partial charge in [-0.05, 0) is 55.5 Å². The van der Waals surface area contributed by atoms with Crippen LogP contribution in [0.15, 0.2) is 66.2 Å². The van der Waals surface area contributed by atoms with Crippen LogP contribution in [-0.2, 0) is 21.4 Å². The summed E-state index contributed by atoms with van der Waals surface area (Å²) in [4.78, 5) is 17.4. The first-order chi connectivity index (χ1) is 14.3. The summed E-state index contributed by atoms with van der Waals surface area (Å²) in [6, 6.07) is 10.4. The van der Waals surface area contributed by atoms with Gasteiger partial charge in [-0.2, -0.15) is 4.31 Å². The van der Waals surface area contributed by atoms with Gasteiger partial charge in [0.2, 0.25) is 15.9 Å². The third-order valence-corrected chi connectivity index (χ3v) is 7.60. The number of sulfonamides is 1. The van der Waals surface area contributed by atoms with Crippen molar-refractivity contribution in [3.8, 4) is 0 Å². The molecule has 0 aliphatic carbocycles. The number of nitrogens with zero attached hydrogens (tertiary/aromatic N) is 2. The fourth-order valence-corrected chi connectivity index (χ4v) is 6.01. The Balaban J connectivity index is 1.93. The van der Waals surface area contributed by atoms with Gasteiger partial charge < -0.3 is 5.32 Å². The Morgan fingerprint density at radius 3 is 2.80 bits per heavy atom. The molecule has 1 aliphatic heterocycles. The van der Waals surface area contributed by atoms with E-state index in [-0.39, 0.29) is 29.3 Å². The highest BCUT2D eigenvalue weighted by Gasteiger charge is 2.44. The normalized spacial score (nSPS) is 21.0. The van der Waals surface area contributed by atoms with E-state index in [0.717, 1.165) is 6.42 Å². The minimum Gasteiger partial charge on any atom is -0.349 e. The molecule has 0 bridgehead atoms. The van der Waals surface area contributed by atoms with E-state index in [9.17, 15) is 13.2 Å². The predicted molar refractivity (Wildman–Crippen MR) is 117 cm³/mol. The Kier molecular flexibility index (Phi) is 7.28. The van der Waals surface area contributed by atoms with Crippen LogP contribution in [0.1, 0.15) is 31.9 Å². The Labute approximate surface area is 183 Å². The SMILES string of the molecule is C=C[C@@H](C)[C@@H]1CCCC(C(=O)NCc2ccccn2)N1S(=O)(=O)c1cccc(Cl)c1. The van der Waals surface area contributed by atoms with Crippen molar-refractivity contribution in [1.82, 2.24) is 14.6 Å². The van der Waals surface area contributed by atoms with E-state index in [0.29, 0.717) is 23.6 Å². The molecule has 160 valence electrons. The standard InChI is InChI=1S/C22H26ClN3O3S/c1-3-16(2)20-11-7-12-21(22(27)25-15-18-9-4-5-13-24-18)26(20)30(28,29)19-10-6-8-17(23)14-19/h3-6,8-10,13-14,16,20-21H,1,7,11-12,15H2,2H3,(H,25,27)/t16-,20+,21?/m1/s1. The second kappa shape index (κ2) is 9.73. The highest BCUT2D eigenvalue weighted by molar-refractivity contribution is 7.89. The molecule has 1 fully saturated rings. The van der Waals surface area contributed by atoms with Gasteiger partial charge in [-0.15, -0.1) is 6.58 Å². The van der Waals surface area contributed by atoms with Gasteiger partial charge in [0.1, 0.15) is 6.04 Å². The highest BCUT2D eigenvalue weighted by Crippen LogP contribution is 2.34. The van der Waals surface area contributed by atoms with Crippen LogP contribution in [-0.4, -0.2) is 35.7 Å². The van der Waals surface area contributed by atoms with Crippen LogP contribution in [0.4, 0.5) is 0 Å². The summed E-state index contributed by atoms with van der Waals surface area (Å²) in [6.07, 6.45) is 5.26. The van der Waals surface area contributed by atoms with Crippen molar-refractivity contribution in [2.75, 3.05) is 0 Å². The molecular formula is C22H26ClN3O3S. The molecular weight excluding hydrogens is 422 g/mol. The molecule has 1 amide bonds. The quantitative estimate of drug-likeness (QED) is 0.655. The van der Waals surface area contributed by atoms with Crippen molar-refractivity contribution >= 4 is 27.5 Å². The maximum Gasteiger partial charge on any atom is 0.244 e. The van der Waals surface area contributed by atoms with Gasteiger partial charge in [0, 0.05) is 17.3 Å². The van der Waals surface area contributed by atoms with E-state index in [2.05, 4.69) is 16.9 Å². The third-order valence-electron chi connectivity index (χ3n) is 5.43. The lowest BCUT2D eigenvalue weighted by Gasteiger charge is -2.42. The number of pyridine rings is 1. The number of carbonyl (C=O) groups excluding carboxylic acids is 1. The van der Waals surface area contributed by atoms with Crippen LogP contribution in [0, 0.1) is 5.92 Å². The van der Waals surface area contributed by atoms with Crippen molar-refractivity contribution in [3.63, 3.8) is 0 Å². The molecule has 1 aromatic carbocycles. The minimum atomic E-state index is -3.94. The molecule has 8 heteroatoms. The van der Waals surface area contributed by atoms with Crippen LogP contribution < -0.4 is 5.32 Å². The first-order valence-corrected chi connectivity index (χ1v) is 11.8. The molecule has 1 unspecified atom stereocenters. The summed E-state index contributed by atoms with van der Waals surface area (Å²) >= 11 is 6.05. The summed E-state index contributed by atoms with van der Waals surface area (Å²) in [7, 11) is -3.94. The van der Waals surface area contributed by atoms with Gasteiger partial charge >= 0.3 is 0 Å². The molecule has 0 radical (unpaired) electrons. The maximum atomic E-state index is 13.6. The number of rotatable bonds is 7. The van der Waals surface area contributed by atoms with Gasteiger partial charge in [0.15, 0.2) is 0 Å². The third kappa shape index (κ3) is 4.91. The van der Waals surface area contributed by atoms with Gasteiger partial charge in [-0.3, -0.25) is 9.78 Å². The Morgan fingerprint density at radius 1 is 1.33 bits per heavy atom. The van der Waals surface area contributed by atoms with E-state index in [4.69, 9.17) is 11.6 Å². The van der Waals surface area contributed by atoms with Crippen LogP contribution >= 0.6 is 11.6 Å². The molecule has 2 aromatic rings. The number of nitrogens with one attached hydrogen (secondary N) is 1. The zero-order chi connectivity index (χ0) is 21.7. The summed E-state index contributed by atoms with van der Waals surface area (Å²) in [5, 5.41) is 3.18. The first-order valence-electron chi connectivity index (χ1n) is 9.94. The van der Waals surface area contributed by atoms with E-state index < -0.39 is 16.1 Å². The molecule has 0 saturated carbocycles. The van der Waals surface area contributed by atoms with Crippen molar-refractivity contribution in [2.45, 2.75) is 49.7 Å². The predicted octanol–water partition coefficient (Wildman–Crippen LogP) is 3.79. The van der Waals surface area contributed by atoms with E-state index in [1.807, 2.05) is 19.1 Å². The molecule has 6 nitrogen and oxygen atoms in total. The van der Waals surface area contributed by atoms with Crippen molar-refractivity contribution in [3.05, 3.63) is 72.0 Å². The average Bonchev–Trinajstić information content (AvgIpc) is 2.77. The second-order valence-corrected chi connectivity index (χ2v) is 9.72. The zero-order valence-electron chi connectivity index (χ0n) is 16.9. The van der Waals surface area contributed by atoms with E-state index >= 15 is 0 Å². The van der Waals surface area contributed by atoms with Gasteiger partial charge in [0.05, 0.1) is 17.1 Å². The molecule has 3 rings (SSSR count). The monoisotopic (exact) mass is 447 g/mol. The lowest BCUT2D eigenvalue weighted by Crippen LogP contribution is -2.57. The van der Waals surface area contributed by atoms with Crippen molar-refractivity contribution in [1.29, 1.82) is 0 Å². The molecule has 0 spiro atoms. The summed E-state index contributed by atoms with van der Waals surface area (Å²) in [5.41, 5.74) is 0.710. The number of hydrogen-bond donors (Lipinski definition) is 1. The highest BCUT2D eigenvalue weighted by atomic mass is 35.5. The fraction of sp³-hybridized carbons (Fsp3) is 0.364. The number of amides is 1. The summed E-state index contributed by atoms with van der Waals surface area (Å²) < 4.78 is 28.6. The number of carbonyl (C=O) groups is 1. The molecule has 1 N–H and O–H groups in total. The van der Waals surface area contributed by atoms with Crippen LogP contribution in [0.2, 0.25) is 5.02 Å². The fourth-order valence-electron chi connectivity index (χ4n) is 3.80. The lowest BCUT2D eigenvalue weighted by atomic mass is 9.90. The number of benzene rings is 1. The van der Waals surface area contributed by atoms with Crippen molar-refractivity contribution in [2.24, 2.45) is 5.92 Å². The summed E-state index contributed by atoms with van der Waals surface area (Å²) in [5.74, 6) is -0.433. The number of piperidine rings is 1. The minimum absolute atomic E-state index is 0.0840. The Hall–Kier alpha value is -2.22. The van der Waals surface area contributed by atoms with Crippen LogP contribution in [0.3, 0.4) is 0 Å². The number of halogens is 1. The molecule has 30 heavy (non-hydrogen) atoms. The van der Waals surface area contributed by atoms with Crippen molar-refractivity contribution < 1.29 is 13.2 Å². The van der Waals surface area contributed by atoms with Gasteiger partial charge in [0.25, 0.3) is 0 Å². The Bertz CT molecular complexity index is 998. The van der Waals surface area contributed by atoms with Gasteiger partial charge in [-0.1, -0.05) is 36.7 Å². The number of aromatic nitrogens is 1. The smallest absolute Gasteiger partial charge is 0.244 e. The van der Waals surface area contributed by atoms with Crippen LogP contribution in [0.25, 0.3) is 0 Å². The largest absolute Gasteiger partial charge is 0.349 e. The molecule has 1 aliphatic rings. The summed E-state index contributed by atoms with van der Waals surface area (Å²) in [6.45, 7) is 6.00. The molecule has 3 atom stereocenters. The zero-order valence-corrected chi connectivity index (χ0v) is 18.4. The topological polar surface area (TPSA) is 79.4 Å². The molecule has 1 aromatic heterocycles. The number of hydrogen-bond acceptors (Lipinski definition) is 4. The molecule has 2 heterocycles. The average molecular weight is 448 g/mol. The van der Waals surface area contributed by atoms with Crippen LogP contribution in [0.5, 0.6) is 0 Å². The lowest BCUT2D eigenvalue weighted by molar-refractivity contribution is -0.126. The first kappa shape index (κ1) is 22.5. The van der Waals surface area contributed by atoms with Gasteiger partial charge in [-0.25, -0.2) is 8.42 Å². The van der Waals surface area contributed by atoms with E-state index in [1.54, 1.807) is 30.5 Å². The Morgan fingerprint density at radius 2 is 2.13 bits per heavy atom. The molecule has 1 saturated heterocycles. The maximum absolute atomic E-state index is 13.6. The van der Waals surface area contributed by atoms with E-state index in [1.165, 1.54) is 16.4 Å².